The second kappa shape index (κ2) is 6.35. The number of fused-ring (bicyclic) bond motifs is 1. The molecule has 0 radical (unpaired) electrons. The Morgan fingerprint density at radius 1 is 0.880 bits per heavy atom. The van der Waals surface area contributed by atoms with E-state index in [9.17, 15) is 9.59 Å². The normalized spacial score (nSPS) is 10.7. The average molecular weight is 338 g/mol. The Hall–Kier alpha value is -3.22. The van der Waals surface area contributed by atoms with Crippen molar-refractivity contribution < 1.29 is 14.0 Å². The highest BCUT2D eigenvalue weighted by Crippen LogP contribution is 2.15. The number of hydrogen-bond acceptors (Lipinski definition) is 5. The Bertz CT molecular complexity index is 991. The molecule has 0 fully saturated rings. The van der Waals surface area contributed by atoms with Crippen LogP contribution in [0.4, 0.5) is 0 Å². The van der Waals surface area contributed by atoms with E-state index in [1.165, 1.54) is 0 Å². The molecule has 0 saturated heterocycles. The molecule has 0 aliphatic rings. The van der Waals surface area contributed by atoms with Gasteiger partial charge in [0, 0.05) is 5.56 Å². The van der Waals surface area contributed by atoms with Gasteiger partial charge in [-0.3, -0.25) is 20.4 Å². The largest absolute Gasteiger partial charge is 0.466 e. The Morgan fingerprint density at radius 3 is 2.16 bits per heavy atom. The molecule has 0 atom stereocenters. The van der Waals surface area contributed by atoms with Crippen molar-refractivity contribution in [3.8, 4) is 0 Å². The topological polar surface area (TPSA) is 97.1 Å². The summed E-state index contributed by atoms with van der Waals surface area (Å²) in [6.07, 6.45) is 0. The molecule has 2 N–H and O–H groups in total. The lowest BCUT2D eigenvalue weighted by Crippen LogP contribution is -2.41. The van der Waals surface area contributed by atoms with Crippen molar-refractivity contribution in [3.63, 3.8) is 0 Å². The maximum absolute atomic E-state index is 12.3. The van der Waals surface area contributed by atoms with Crippen LogP contribution in [0.2, 0.25) is 0 Å². The Labute approximate surface area is 144 Å². The van der Waals surface area contributed by atoms with Crippen LogP contribution >= 0.6 is 0 Å². The Morgan fingerprint density at radius 2 is 1.52 bits per heavy atom. The van der Waals surface area contributed by atoms with Gasteiger partial charge in [0.2, 0.25) is 0 Å². The molecule has 0 aliphatic carbocycles. The van der Waals surface area contributed by atoms with Crippen LogP contribution < -0.4 is 10.9 Å². The van der Waals surface area contributed by atoms with Crippen molar-refractivity contribution in [2.24, 2.45) is 0 Å². The second-order valence-electron chi connectivity index (χ2n) is 5.83. The first-order valence-electron chi connectivity index (χ1n) is 7.78. The molecule has 0 aliphatic heterocycles. The standard InChI is InChI=1S/C18H18N4O3/c1-9-7-14(12(4)25-9)18(24)22-21-17(23)13-5-6-15-16(8-13)20-11(3)10(2)19-15/h5-8H,1-4H3,(H,21,23)(H,22,24). The lowest BCUT2D eigenvalue weighted by molar-refractivity contribution is 0.0846. The van der Waals surface area contributed by atoms with Crippen molar-refractivity contribution in [3.05, 3.63) is 58.3 Å². The number of aromatic nitrogens is 2. The van der Waals surface area contributed by atoms with Gasteiger partial charge >= 0.3 is 0 Å². The predicted octanol–water partition coefficient (Wildman–Crippen LogP) is 2.53. The first-order chi connectivity index (χ1) is 11.8. The summed E-state index contributed by atoms with van der Waals surface area (Å²) in [6.45, 7) is 7.19. The van der Waals surface area contributed by atoms with Crippen LogP contribution in [-0.4, -0.2) is 21.8 Å². The summed E-state index contributed by atoms with van der Waals surface area (Å²) in [7, 11) is 0. The number of carbonyl (C=O) groups is 2. The summed E-state index contributed by atoms with van der Waals surface area (Å²) in [5.41, 5.74) is 8.55. The number of furan rings is 1. The van der Waals surface area contributed by atoms with E-state index in [2.05, 4.69) is 20.8 Å². The lowest BCUT2D eigenvalue weighted by atomic mass is 10.1. The summed E-state index contributed by atoms with van der Waals surface area (Å²) in [5, 5.41) is 0. The smallest absolute Gasteiger partial charge is 0.273 e. The van der Waals surface area contributed by atoms with Crippen molar-refractivity contribution in [1.82, 2.24) is 20.8 Å². The lowest BCUT2D eigenvalue weighted by Gasteiger charge is -2.08. The van der Waals surface area contributed by atoms with Gasteiger partial charge in [-0.2, -0.15) is 0 Å². The third-order valence-corrected chi connectivity index (χ3v) is 3.91. The van der Waals surface area contributed by atoms with E-state index in [0.717, 1.165) is 11.4 Å². The molecule has 128 valence electrons. The van der Waals surface area contributed by atoms with Crippen molar-refractivity contribution >= 4 is 22.8 Å². The van der Waals surface area contributed by atoms with E-state index in [1.54, 1.807) is 38.1 Å². The first-order valence-corrected chi connectivity index (χ1v) is 7.78. The number of nitrogens with zero attached hydrogens (tertiary/aromatic N) is 2. The third-order valence-electron chi connectivity index (χ3n) is 3.91. The number of rotatable bonds is 2. The summed E-state index contributed by atoms with van der Waals surface area (Å²) >= 11 is 0. The van der Waals surface area contributed by atoms with Crippen molar-refractivity contribution in [2.75, 3.05) is 0 Å². The quantitative estimate of drug-likeness (QED) is 0.700. The van der Waals surface area contributed by atoms with Gasteiger partial charge in [0.15, 0.2) is 0 Å². The highest BCUT2D eigenvalue weighted by molar-refractivity contribution is 6.00. The first kappa shape index (κ1) is 16.6. The maximum Gasteiger partial charge on any atom is 0.273 e. The molecule has 0 bridgehead atoms. The number of hydrazine groups is 1. The minimum atomic E-state index is -0.437. The zero-order chi connectivity index (χ0) is 18.1. The molecule has 0 saturated carbocycles. The molecule has 0 spiro atoms. The van der Waals surface area contributed by atoms with Gasteiger partial charge in [0.25, 0.3) is 11.8 Å². The van der Waals surface area contributed by atoms with Crippen molar-refractivity contribution in [2.45, 2.75) is 27.7 Å². The van der Waals surface area contributed by atoms with Gasteiger partial charge < -0.3 is 4.42 Å². The molecule has 25 heavy (non-hydrogen) atoms. The van der Waals surface area contributed by atoms with E-state index < -0.39 is 11.8 Å². The summed E-state index contributed by atoms with van der Waals surface area (Å²) in [4.78, 5) is 33.2. The molecule has 0 unspecified atom stereocenters. The maximum atomic E-state index is 12.3. The molecule has 2 aromatic heterocycles. The summed E-state index contributed by atoms with van der Waals surface area (Å²) in [6, 6.07) is 6.63. The number of nitrogens with one attached hydrogen (secondary N) is 2. The van der Waals surface area contributed by atoms with Gasteiger partial charge in [-0.15, -0.1) is 0 Å². The van der Waals surface area contributed by atoms with Gasteiger partial charge in [-0.1, -0.05) is 0 Å². The van der Waals surface area contributed by atoms with Gasteiger partial charge in [-0.25, -0.2) is 9.97 Å². The fourth-order valence-electron chi connectivity index (χ4n) is 2.48. The fraction of sp³-hybridized carbons (Fsp3) is 0.222. The van der Waals surface area contributed by atoms with Crippen LogP contribution in [-0.2, 0) is 0 Å². The minimum Gasteiger partial charge on any atom is -0.466 e. The molecular weight excluding hydrogens is 320 g/mol. The van der Waals surface area contributed by atoms with Gasteiger partial charge in [-0.05, 0) is 52.0 Å². The van der Waals surface area contributed by atoms with E-state index in [1.807, 2.05) is 13.8 Å². The minimum absolute atomic E-state index is 0.380. The van der Waals surface area contributed by atoms with E-state index in [-0.39, 0.29) is 0 Å². The number of aryl methyl sites for hydroxylation is 4. The number of amides is 2. The summed E-state index contributed by atoms with van der Waals surface area (Å²) < 4.78 is 5.31. The van der Waals surface area contributed by atoms with Crippen molar-refractivity contribution in [1.29, 1.82) is 0 Å². The van der Waals surface area contributed by atoms with E-state index >= 15 is 0 Å². The molecule has 7 heteroatoms. The SMILES string of the molecule is Cc1cc(C(=O)NNC(=O)c2ccc3nc(C)c(C)nc3c2)c(C)o1. The summed E-state index contributed by atoms with van der Waals surface area (Å²) in [5.74, 6) is 0.256. The molecule has 2 heterocycles. The van der Waals surface area contributed by atoms with E-state index in [4.69, 9.17) is 4.42 Å². The molecule has 7 nitrogen and oxygen atoms in total. The van der Waals surface area contributed by atoms with Crippen LogP contribution in [0.5, 0.6) is 0 Å². The molecular formula is C18H18N4O3. The zero-order valence-corrected chi connectivity index (χ0v) is 14.4. The monoisotopic (exact) mass is 338 g/mol. The third kappa shape index (κ3) is 3.35. The number of benzene rings is 1. The predicted molar refractivity (Wildman–Crippen MR) is 92.1 cm³/mol. The number of hydrogen-bond donors (Lipinski definition) is 2. The fourth-order valence-corrected chi connectivity index (χ4v) is 2.48. The van der Waals surface area contributed by atoms with Crippen LogP contribution in [0.15, 0.2) is 28.7 Å². The van der Waals surface area contributed by atoms with Gasteiger partial charge in [0.1, 0.15) is 11.5 Å². The molecule has 3 aromatic rings. The highest BCUT2D eigenvalue weighted by atomic mass is 16.3. The van der Waals surface area contributed by atoms with Crippen LogP contribution in [0.25, 0.3) is 11.0 Å². The zero-order valence-electron chi connectivity index (χ0n) is 14.4. The number of carbonyl (C=O) groups excluding carboxylic acids is 2. The molecule has 1 aromatic carbocycles. The average Bonchev–Trinajstić information content (AvgIpc) is 2.91. The van der Waals surface area contributed by atoms with Crippen LogP contribution in [0, 0.1) is 27.7 Å². The van der Waals surface area contributed by atoms with Crippen LogP contribution in [0.3, 0.4) is 0 Å². The Kier molecular flexibility index (Phi) is 4.22. The highest BCUT2D eigenvalue weighted by Gasteiger charge is 2.15. The molecule has 2 amide bonds. The Balaban J connectivity index is 1.75. The van der Waals surface area contributed by atoms with E-state index in [0.29, 0.717) is 33.7 Å². The van der Waals surface area contributed by atoms with Gasteiger partial charge in [0.05, 0.1) is 28.0 Å². The second-order valence-corrected chi connectivity index (χ2v) is 5.83. The van der Waals surface area contributed by atoms with Crippen LogP contribution in [0.1, 0.15) is 43.6 Å². The molecule has 3 rings (SSSR count).